The van der Waals surface area contributed by atoms with Crippen LogP contribution in [-0.2, 0) is 0 Å². The number of rotatable bonds is 2. The Morgan fingerprint density at radius 2 is 2.00 bits per heavy atom. The van der Waals surface area contributed by atoms with Crippen LogP contribution in [0.15, 0.2) is 36.5 Å². The van der Waals surface area contributed by atoms with Crippen LogP contribution >= 0.6 is 11.3 Å². The van der Waals surface area contributed by atoms with E-state index in [9.17, 15) is 4.79 Å². The highest BCUT2D eigenvalue weighted by Crippen LogP contribution is 2.25. The maximum atomic E-state index is 12.4. The minimum absolute atomic E-state index is 0.102. The lowest BCUT2D eigenvalue weighted by Crippen LogP contribution is -1.96. The number of carbonyl (C=O) groups excluding carboxylic acids is 1. The van der Waals surface area contributed by atoms with Crippen molar-refractivity contribution in [3.8, 4) is 0 Å². The molecule has 0 saturated carbocycles. The lowest BCUT2D eigenvalue weighted by atomic mass is 10.1. The summed E-state index contributed by atoms with van der Waals surface area (Å²) in [6.45, 7) is 4.05. The number of thiophene rings is 1. The SMILES string of the molecule is Cc1ccc2[nH]cc(C(=O)c3ccc(C)s3)c2c1. The minimum atomic E-state index is 0.102. The van der Waals surface area contributed by atoms with E-state index in [0.29, 0.717) is 0 Å². The maximum Gasteiger partial charge on any atom is 0.205 e. The minimum Gasteiger partial charge on any atom is -0.360 e. The predicted octanol–water partition coefficient (Wildman–Crippen LogP) is 4.08. The van der Waals surface area contributed by atoms with Crippen LogP contribution in [-0.4, -0.2) is 10.8 Å². The van der Waals surface area contributed by atoms with E-state index in [-0.39, 0.29) is 5.78 Å². The van der Waals surface area contributed by atoms with Gasteiger partial charge < -0.3 is 4.98 Å². The Morgan fingerprint density at radius 1 is 1.17 bits per heavy atom. The van der Waals surface area contributed by atoms with Gasteiger partial charge in [-0.05, 0) is 38.1 Å². The second-order valence-corrected chi connectivity index (χ2v) is 5.78. The fraction of sp³-hybridized carbons (Fsp3) is 0.133. The molecule has 0 aliphatic heterocycles. The van der Waals surface area contributed by atoms with Crippen molar-refractivity contribution >= 4 is 28.0 Å². The van der Waals surface area contributed by atoms with Crippen LogP contribution in [0, 0.1) is 13.8 Å². The number of ketones is 1. The molecule has 0 saturated heterocycles. The number of fused-ring (bicyclic) bond motifs is 1. The average Bonchev–Trinajstić information content (AvgIpc) is 2.94. The third-order valence-corrected chi connectivity index (χ3v) is 4.05. The Labute approximate surface area is 109 Å². The Balaban J connectivity index is 2.14. The average molecular weight is 255 g/mol. The normalized spacial score (nSPS) is 11.0. The summed E-state index contributed by atoms with van der Waals surface area (Å²) >= 11 is 1.54. The largest absolute Gasteiger partial charge is 0.360 e. The number of aryl methyl sites for hydroxylation is 2. The van der Waals surface area contributed by atoms with Crippen molar-refractivity contribution in [2.24, 2.45) is 0 Å². The molecule has 3 rings (SSSR count). The first-order valence-electron chi connectivity index (χ1n) is 5.84. The molecule has 0 aliphatic carbocycles. The van der Waals surface area contributed by atoms with Gasteiger partial charge in [-0.1, -0.05) is 11.6 Å². The van der Waals surface area contributed by atoms with E-state index in [1.165, 1.54) is 5.56 Å². The van der Waals surface area contributed by atoms with Crippen LogP contribution in [0.3, 0.4) is 0 Å². The lowest BCUT2D eigenvalue weighted by Gasteiger charge is -1.97. The molecule has 3 heteroatoms. The summed E-state index contributed by atoms with van der Waals surface area (Å²) < 4.78 is 0. The fourth-order valence-electron chi connectivity index (χ4n) is 2.11. The zero-order valence-corrected chi connectivity index (χ0v) is 11.1. The third kappa shape index (κ3) is 1.77. The zero-order chi connectivity index (χ0) is 12.7. The van der Waals surface area contributed by atoms with Gasteiger partial charge in [0.25, 0.3) is 0 Å². The van der Waals surface area contributed by atoms with Crippen LogP contribution < -0.4 is 0 Å². The molecule has 0 unspecified atom stereocenters. The molecule has 1 N–H and O–H groups in total. The maximum absolute atomic E-state index is 12.4. The number of aromatic amines is 1. The molecule has 2 aromatic heterocycles. The second-order valence-electron chi connectivity index (χ2n) is 4.49. The van der Waals surface area contributed by atoms with Crippen molar-refractivity contribution in [2.75, 3.05) is 0 Å². The lowest BCUT2D eigenvalue weighted by molar-refractivity contribution is 0.104. The van der Waals surface area contributed by atoms with Crippen molar-refractivity contribution in [2.45, 2.75) is 13.8 Å². The molecule has 90 valence electrons. The van der Waals surface area contributed by atoms with E-state index in [1.807, 2.05) is 44.3 Å². The monoisotopic (exact) mass is 255 g/mol. The van der Waals surface area contributed by atoms with E-state index in [1.54, 1.807) is 11.3 Å². The number of hydrogen-bond acceptors (Lipinski definition) is 2. The van der Waals surface area contributed by atoms with E-state index < -0.39 is 0 Å². The molecule has 0 fully saturated rings. The first kappa shape index (κ1) is 11.2. The molecule has 0 radical (unpaired) electrons. The van der Waals surface area contributed by atoms with Gasteiger partial charge in [-0.25, -0.2) is 0 Å². The van der Waals surface area contributed by atoms with Crippen molar-refractivity contribution < 1.29 is 4.79 Å². The standard InChI is InChI=1S/C15H13NOS/c1-9-3-5-13-11(7-9)12(8-16-13)15(17)14-6-4-10(2)18-14/h3-8,16H,1-2H3. The molecule has 0 aliphatic rings. The molecule has 18 heavy (non-hydrogen) atoms. The van der Waals surface area contributed by atoms with Crippen molar-refractivity contribution in [3.63, 3.8) is 0 Å². The molecular formula is C15H13NOS. The summed E-state index contributed by atoms with van der Waals surface area (Å²) in [6.07, 6.45) is 1.81. The van der Waals surface area contributed by atoms with Crippen LogP contribution in [0.5, 0.6) is 0 Å². The predicted molar refractivity (Wildman–Crippen MR) is 75.5 cm³/mol. The van der Waals surface area contributed by atoms with Gasteiger partial charge in [0, 0.05) is 27.5 Å². The fourth-order valence-corrected chi connectivity index (χ4v) is 2.93. The van der Waals surface area contributed by atoms with E-state index >= 15 is 0 Å². The van der Waals surface area contributed by atoms with Crippen LogP contribution in [0.25, 0.3) is 10.9 Å². The molecule has 0 atom stereocenters. The van der Waals surface area contributed by atoms with E-state index in [4.69, 9.17) is 0 Å². The smallest absolute Gasteiger partial charge is 0.205 e. The summed E-state index contributed by atoms with van der Waals surface area (Å²) in [4.78, 5) is 17.6. The van der Waals surface area contributed by atoms with Gasteiger partial charge in [-0.15, -0.1) is 11.3 Å². The van der Waals surface area contributed by atoms with Crippen LogP contribution in [0.2, 0.25) is 0 Å². The van der Waals surface area contributed by atoms with Crippen molar-refractivity contribution in [1.29, 1.82) is 0 Å². The number of hydrogen-bond donors (Lipinski definition) is 1. The number of H-pyrrole nitrogens is 1. The van der Waals surface area contributed by atoms with Gasteiger partial charge in [-0.2, -0.15) is 0 Å². The van der Waals surface area contributed by atoms with E-state index in [2.05, 4.69) is 11.1 Å². The molecule has 2 nitrogen and oxygen atoms in total. The van der Waals surface area contributed by atoms with Gasteiger partial charge in [0.2, 0.25) is 5.78 Å². The topological polar surface area (TPSA) is 32.9 Å². The van der Waals surface area contributed by atoms with Gasteiger partial charge in [0.1, 0.15) is 0 Å². The molecule has 2 heterocycles. The highest BCUT2D eigenvalue weighted by atomic mass is 32.1. The van der Waals surface area contributed by atoms with E-state index in [0.717, 1.165) is 26.2 Å². The highest BCUT2D eigenvalue weighted by molar-refractivity contribution is 7.14. The Bertz CT molecular complexity index is 736. The summed E-state index contributed by atoms with van der Waals surface area (Å²) in [6, 6.07) is 10.00. The molecular weight excluding hydrogens is 242 g/mol. The number of nitrogens with one attached hydrogen (secondary N) is 1. The Morgan fingerprint density at radius 3 is 2.72 bits per heavy atom. The summed E-state index contributed by atoms with van der Waals surface area (Å²) in [5.74, 6) is 0.102. The number of benzene rings is 1. The highest BCUT2D eigenvalue weighted by Gasteiger charge is 2.15. The Kier molecular flexibility index (Phi) is 2.56. The van der Waals surface area contributed by atoms with Crippen molar-refractivity contribution in [3.05, 3.63) is 57.4 Å². The first-order valence-corrected chi connectivity index (χ1v) is 6.65. The zero-order valence-electron chi connectivity index (χ0n) is 10.3. The van der Waals surface area contributed by atoms with Gasteiger partial charge in [-0.3, -0.25) is 4.79 Å². The van der Waals surface area contributed by atoms with Gasteiger partial charge in [0.05, 0.1) is 4.88 Å². The molecule has 3 aromatic rings. The number of aromatic nitrogens is 1. The van der Waals surface area contributed by atoms with Crippen molar-refractivity contribution in [1.82, 2.24) is 4.98 Å². The van der Waals surface area contributed by atoms with Gasteiger partial charge in [0.15, 0.2) is 0 Å². The third-order valence-electron chi connectivity index (χ3n) is 3.05. The number of carbonyl (C=O) groups is 1. The van der Waals surface area contributed by atoms with Crippen LogP contribution in [0.4, 0.5) is 0 Å². The summed E-state index contributed by atoms with van der Waals surface area (Å²) in [5, 5.41) is 1.01. The molecule has 0 amide bonds. The molecule has 1 aromatic carbocycles. The first-order chi connectivity index (χ1) is 8.65. The summed E-state index contributed by atoms with van der Waals surface area (Å²) in [7, 11) is 0. The molecule has 0 bridgehead atoms. The van der Waals surface area contributed by atoms with Gasteiger partial charge >= 0.3 is 0 Å². The Hall–Kier alpha value is -1.87. The summed E-state index contributed by atoms with van der Waals surface area (Å²) in [5.41, 5.74) is 2.94. The van der Waals surface area contributed by atoms with Crippen LogP contribution in [0.1, 0.15) is 25.7 Å². The quantitative estimate of drug-likeness (QED) is 0.688. The second kappa shape index (κ2) is 4.10. The molecule has 0 spiro atoms.